The minimum Gasteiger partial charge on any atom is -0.477 e. The number of hydrogen-bond acceptors (Lipinski definition) is 3. The van der Waals surface area contributed by atoms with Gasteiger partial charge in [-0.1, -0.05) is 12.5 Å². The Labute approximate surface area is 113 Å². The van der Waals surface area contributed by atoms with Gasteiger partial charge in [0.25, 0.3) is 0 Å². The van der Waals surface area contributed by atoms with E-state index in [1.807, 2.05) is 13.1 Å². The lowest BCUT2D eigenvalue weighted by Gasteiger charge is -2.28. The quantitative estimate of drug-likeness (QED) is 0.904. The molecular formula is C15H20N2O2. The largest absolute Gasteiger partial charge is 0.477 e. The maximum atomic E-state index is 10.9. The van der Waals surface area contributed by atoms with Gasteiger partial charge in [0, 0.05) is 13.6 Å². The van der Waals surface area contributed by atoms with Crippen LogP contribution in [0, 0.1) is 17.8 Å². The Morgan fingerprint density at radius 1 is 1.42 bits per heavy atom. The number of pyridine rings is 1. The third-order valence-electron chi connectivity index (χ3n) is 4.74. The molecule has 2 aliphatic rings. The number of carboxylic acid groups (broad SMARTS) is 1. The summed E-state index contributed by atoms with van der Waals surface area (Å²) >= 11 is 0. The highest BCUT2D eigenvalue weighted by Crippen LogP contribution is 2.48. The molecule has 4 heteroatoms. The normalized spacial score (nSPS) is 28.6. The Morgan fingerprint density at radius 3 is 2.89 bits per heavy atom. The summed E-state index contributed by atoms with van der Waals surface area (Å²) < 4.78 is 0. The van der Waals surface area contributed by atoms with Crippen LogP contribution in [-0.4, -0.2) is 29.7 Å². The molecule has 102 valence electrons. The fourth-order valence-corrected chi connectivity index (χ4v) is 3.80. The molecule has 1 heterocycles. The molecule has 0 aromatic carbocycles. The fourth-order valence-electron chi connectivity index (χ4n) is 3.80. The van der Waals surface area contributed by atoms with E-state index in [0.717, 1.165) is 30.1 Å². The van der Waals surface area contributed by atoms with Crippen LogP contribution in [0.1, 0.15) is 36.2 Å². The van der Waals surface area contributed by atoms with Crippen molar-refractivity contribution in [2.75, 3.05) is 18.5 Å². The summed E-state index contributed by atoms with van der Waals surface area (Å²) in [6.45, 7) is 0.997. The van der Waals surface area contributed by atoms with Gasteiger partial charge in [-0.2, -0.15) is 0 Å². The minimum absolute atomic E-state index is 0.122. The van der Waals surface area contributed by atoms with Crippen molar-refractivity contribution < 1.29 is 9.90 Å². The maximum absolute atomic E-state index is 10.9. The summed E-state index contributed by atoms with van der Waals surface area (Å²) in [6.07, 6.45) is 5.54. The number of anilines is 1. The van der Waals surface area contributed by atoms with Crippen LogP contribution >= 0.6 is 0 Å². The van der Waals surface area contributed by atoms with E-state index in [0.29, 0.717) is 0 Å². The van der Waals surface area contributed by atoms with Gasteiger partial charge in [0.2, 0.25) is 0 Å². The summed E-state index contributed by atoms with van der Waals surface area (Å²) in [5.74, 6) is 2.40. The Morgan fingerprint density at radius 2 is 2.26 bits per heavy atom. The molecule has 0 aliphatic heterocycles. The first kappa shape index (κ1) is 12.5. The highest BCUT2D eigenvalue weighted by atomic mass is 16.4. The van der Waals surface area contributed by atoms with E-state index in [4.69, 9.17) is 5.11 Å². The Hall–Kier alpha value is -1.58. The van der Waals surface area contributed by atoms with Crippen LogP contribution in [-0.2, 0) is 0 Å². The van der Waals surface area contributed by atoms with Crippen LogP contribution in [0.25, 0.3) is 0 Å². The van der Waals surface area contributed by atoms with Crippen molar-refractivity contribution in [2.45, 2.75) is 25.7 Å². The predicted octanol–water partition coefficient (Wildman–Crippen LogP) is 2.65. The van der Waals surface area contributed by atoms with Crippen LogP contribution in [0.15, 0.2) is 18.2 Å². The summed E-state index contributed by atoms with van der Waals surface area (Å²) in [4.78, 5) is 17.3. The highest BCUT2D eigenvalue weighted by molar-refractivity contribution is 5.85. The van der Waals surface area contributed by atoms with Crippen LogP contribution in [0.2, 0.25) is 0 Å². The molecule has 3 unspecified atom stereocenters. The third-order valence-corrected chi connectivity index (χ3v) is 4.74. The fraction of sp³-hybridized carbons (Fsp3) is 0.600. The van der Waals surface area contributed by atoms with Crippen LogP contribution in [0.5, 0.6) is 0 Å². The lowest BCUT2D eigenvalue weighted by molar-refractivity contribution is 0.0690. The first-order valence-electron chi connectivity index (χ1n) is 7.05. The summed E-state index contributed by atoms with van der Waals surface area (Å²) in [5, 5.41) is 8.98. The van der Waals surface area contributed by atoms with E-state index in [-0.39, 0.29) is 5.69 Å². The second kappa shape index (κ2) is 4.83. The van der Waals surface area contributed by atoms with E-state index in [2.05, 4.69) is 9.88 Å². The van der Waals surface area contributed by atoms with Crippen molar-refractivity contribution in [3.63, 3.8) is 0 Å². The van der Waals surface area contributed by atoms with Gasteiger partial charge in [0.1, 0.15) is 5.82 Å². The molecule has 0 saturated heterocycles. The van der Waals surface area contributed by atoms with Crippen molar-refractivity contribution >= 4 is 11.8 Å². The Bertz CT molecular complexity index is 489. The molecule has 3 rings (SSSR count). The highest BCUT2D eigenvalue weighted by Gasteiger charge is 2.39. The number of rotatable bonds is 4. The molecule has 0 radical (unpaired) electrons. The Kier molecular flexibility index (Phi) is 3.17. The smallest absolute Gasteiger partial charge is 0.354 e. The monoisotopic (exact) mass is 260 g/mol. The van der Waals surface area contributed by atoms with Gasteiger partial charge in [0.15, 0.2) is 5.69 Å². The van der Waals surface area contributed by atoms with Crippen molar-refractivity contribution in [3.8, 4) is 0 Å². The molecule has 1 aromatic heterocycles. The number of nitrogens with zero attached hydrogens (tertiary/aromatic N) is 2. The molecule has 1 aromatic rings. The molecule has 19 heavy (non-hydrogen) atoms. The molecular weight excluding hydrogens is 240 g/mol. The van der Waals surface area contributed by atoms with E-state index < -0.39 is 5.97 Å². The van der Waals surface area contributed by atoms with E-state index in [1.165, 1.54) is 31.7 Å². The van der Waals surface area contributed by atoms with Gasteiger partial charge in [-0.05, 0) is 49.1 Å². The molecule has 2 fully saturated rings. The van der Waals surface area contributed by atoms with Gasteiger partial charge in [0.05, 0.1) is 0 Å². The van der Waals surface area contributed by atoms with E-state index >= 15 is 0 Å². The van der Waals surface area contributed by atoms with Gasteiger partial charge < -0.3 is 10.0 Å². The summed E-state index contributed by atoms with van der Waals surface area (Å²) in [5.41, 5.74) is 0.122. The molecule has 0 amide bonds. The second-order valence-corrected chi connectivity index (χ2v) is 6.00. The van der Waals surface area contributed by atoms with E-state index in [1.54, 1.807) is 6.07 Å². The molecule has 2 bridgehead atoms. The Balaban J connectivity index is 1.68. The summed E-state index contributed by atoms with van der Waals surface area (Å²) in [7, 11) is 2.01. The number of aromatic carboxylic acids is 1. The molecule has 1 N–H and O–H groups in total. The average molecular weight is 260 g/mol. The lowest BCUT2D eigenvalue weighted by atomic mass is 9.88. The van der Waals surface area contributed by atoms with Crippen molar-refractivity contribution in [3.05, 3.63) is 23.9 Å². The van der Waals surface area contributed by atoms with Gasteiger partial charge >= 0.3 is 5.97 Å². The number of hydrogen-bond donors (Lipinski definition) is 1. The SMILES string of the molecule is CN(CC1CC2CCC1C2)c1cccc(C(=O)O)n1. The van der Waals surface area contributed by atoms with Crippen molar-refractivity contribution in [1.82, 2.24) is 4.98 Å². The number of carboxylic acids is 1. The van der Waals surface area contributed by atoms with Gasteiger partial charge in [-0.25, -0.2) is 9.78 Å². The number of carbonyl (C=O) groups is 1. The second-order valence-electron chi connectivity index (χ2n) is 6.00. The van der Waals surface area contributed by atoms with Crippen LogP contribution in [0.4, 0.5) is 5.82 Å². The first-order chi connectivity index (χ1) is 9.13. The predicted molar refractivity (Wildman–Crippen MR) is 73.4 cm³/mol. The first-order valence-corrected chi connectivity index (χ1v) is 7.05. The zero-order valence-electron chi connectivity index (χ0n) is 11.2. The molecule has 4 nitrogen and oxygen atoms in total. The van der Waals surface area contributed by atoms with Gasteiger partial charge in [-0.15, -0.1) is 0 Å². The molecule has 2 saturated carbocycles. The number of aromatic nitrogens is 1. The van der Waals surface area contributed by atoms with Crippen molar-refractivity contribution in [2.24, 2.45) is 17.8 Å². The van der Waals surface area contributed by atoms with E-state index in [9.17, 15) is 4.79 Å². The van der Waals surface area contributed by atoms with Crippen LogP contribution in [0.3, 0.4) is 0 Å². The zero-order valence-corrected chi connectivity index (χ0v) is 11.2. The topological polar surface area (TPSA) is 53.4 Å². The average Bonchev–Trinajstić information content (AvgIpc) is 3.01. The molecule has 0 spiro atoms. The lowest BCUT2D eigenvalue weighted by Crippen LogP contribution is -2.29. The van der Waals surface area contributed by atoms with Crippen LogP contribution < -0.4 is 4.90 Å². The molecule has 2 aliphatic carbocycles. The zero-order chi connectivity index (χ0) is 13.4. The summed E-state index contributed by atoms with van der Waals surface area (Å²) in [6, 6.07) is 5.19. The molecule has 3 atom stereocenters. The van der Waals surface area contributed by atoms with Crippen molar-refractivity contribution in [1.29, 1.82) is 0 Å². The minimum atomic E-state index is -0.963. The van der Waals surface area contributed by atoms with Gasteiger partial charge in [-0.3, -0.25) is 0 Å². The number of fused-ring (bicyclic) bond motifs is 2. The maximum Gasteiger partial charge on any atom is 0.354 e. The standard InChI is InChI=1S/C15H20N2O2/c1-17(9-12-8-10-5-6-11(12)7-10)14-4-2-3-13(16-14)15(18)19/h2-4,10-12H,5-9H2,1H3,(H,18,19). The third kappa shape index (κ3) is 2.44.